The van der Waals surface area contributed by atoms with E-state index in [4.69, 9.17) is 0 Å². The molecule has 1 atom stereocenters. The van der Waals surface area contributed by atoms with E-state index in [2.05, 4.69) is 55.7 Å². The Morgan fingerprint density at radius 3 is 2.10 bits per heavy atom. The van der Waals surface area contributed by atoms with Gasteiger partial charge in [-0.25, -0.2) is 12.7 Å². The van der Waals surface area contributed by atoms with E-state index in [0.717, 1.165) is 22.7 Å². The summed E-state index contributed by atoms with van der Waals surface area (Å²) in [6.07, 6.45) is 2.19. The van der Waals surface area contributed by atoms with Gasteiger partial charge < -0.3 is 10.6 Å². The number of hydrogen-bond acceptors (Lipinski definition) is 4. The minimum atomic E-state index is -3.48. The second-order valence-electron chi connectivity index (χ2n) is 7.95. The van der Waals surface area contributed by atoms with Gasteiger partial charge in [-0.15, -0.1) is 0 Å². The molecule has 2 aromatic rings. The molecule has 0 saturated carbocycles. The van der Waals surface area contributed by atoms with Crippen LogP contribution in [0.4, 0.5) is 5.69 Å². The van der Waals surface area contributed by atoms with Crippen LogP contribution < -0.4 is 10.6 Å². The van der Waals surface area contributed by atoms with Gasteiger partial charge in [0.2, 0.25) is 15.9 Å². The zero-order valence-electron chi connectivity index (χ0n) is 18.5. The Morgan fingerprint density at radius 2 is 1.60 bits per heavy atom. The van der Waals surface area contributed by atoms with E-state index in [0.29, 0.717) is 11.6 Å². The van der Waals surface area contributed by atoms with Crippen molar-refractivity contribution in [1.29, 1.82) is 0 Å². The molecule has 0 aliphatic carbocycles. The highest BCUT2D eigenvalue weighted by molar-refractivity contribution is 7.89. The summed E-state index contributed by atoms with van der Waals surface area (Å²) in [5.41, 5.74) is 3.04. The highest BCUT2D eigenvalue weighted by Gasteiger charge is 2.18. The summed E-state index contributed by atoms with van der Waals surface area (Å²) in [5.74, 6) is 0.150. The summed E-state index contributed by atoms with van der Waals surface area (Å²) in [7, 11) is -0.512. The largest absolute Gasteiger partial charge is 0.325 e. The Bertz CT molecular complexity index is 921. The van der Waals surface area contributed by atoms with Gasteiger partial charge in [-0.3, -0.25) is 4.79 Å². The summed E-state index contributed by atoms with van der Waals surface area (Å²) < 4.78 is 25.4. The topological polar surface area (TPSA) is 78.5 Å². The van der Waals surface area contributed by atoms with E-state index in [1.54, 1.807) is 12.1 Å². The Kier molecular flexibility index (Phi) is 8.58. The van der Waals surface area contributed by atoms with Crippen LogP contribution in [-0.4, -0.2) is 39.3 Å². The molecule has 0 bridgehead atoms. The first-order valence-corrected chi connectivity index (χ1v) is 11.7. The van der Waals surface area contributed by atoms with Gasteiger partial charge in [0.15, 0.2) is 0 Å². The van der Waals surface area contributed by atoms with Crippen LogP contribution in [0.25, 0.3) is 0 Å². The third kappa shape index (κ3) is 6.39. The molecule has 0 aliphatic rings. The Labute approximate surface area is 180 Å². The molecule has 164 valence electrons. The second kappa shape index (κ2) is 10.7. The molecule has 0 unspecified atom stereocenters. The number of nitrogens with one attached hydrogen (secondary N) is 2. The van der Waals surface area contributed by atoms with Gasteiger partial charge in [0.1, 0.15) is 0 Å². The summed E-state index contributed by atoms with van der Waals surface area (Å²) in [4.78, 5) is 12.6. The zero-order valence-corrected chi connectivity index (χ0v) is 19.3. The van der Waals surface area contributed by atoms with E-state index in [1.165, 1.54) is 31.8 Å². The van der Waals surface area contributed by atoms with Gasteiger partial charge in [-0.05, 0) is 47.7 Å². The molecule has 0 saturated heterocycles. The van der Waals surface area contributed by atoms with Gasteiger partial charge in [-0.1, -0.05) is 51.5 Å². The third-order valence-corrected chi connectivity index (χ3v) is 6.77. The maximum atomic E-state index is 12.4. The van der Waals surface area contributed by atoms with E-state index in [9.17, 15) is 13.2 Å². The molecule has 0 fully saturated rings. The monoisotopic (exact) mass is 431 g/mol. The van der Waals surface area contributed by atoms with Crippen molar-refractivity contribution < 1.29 is 13.2 Å². The predicted molar refractivity (Wildman–Crippen MR) is 122 cm³/mol. The van der Waals surface area contributed by atoms with Crippen molar-refractivity contribution in [3.8, 4) is 0 Å². The first-order valence-electron chi connectivity index (χ1n) is 10.3. The first kappa shape index (κ1) is 24.1. The number of carbonyl (C=O) groups is 1. The fraction of sp³-hybridized carbons (Fsp3) is 0.435. The van der Waals surface area contributed by atoms with Crippen LogP contribution in [0.3, 0.4) is 0 Å². The van der Waals surface area contributed by atoms with Gasteiger partial charge in [0.25, 0.3) is 0 Å². The zero-order chi connectivity index (χ0) is 22.3. The molecule has 0 heterocycles. The van der Waals surface area contributed by atoms with Crippen LogP contribution >= 0.6 is 0 Å². The van der Waals surface area contributed by atoms with Gasteiger partial charge in [0, 0.05) is 25.8 Å². The summed E-state index contributed by atoms with van der Waals surface area (Å²) in [5, 5.41) is 6.15. The van der Waals surface area contributed by atoms with Crippen LogP contribution in [0.15, 0.2) is 53.4 Å². The van der Waals surface area contributed by atoms with Gasteiger partial charge in [-0.2, -0.15) is 0 Å². The van der Waals surface area contributed by atoms with Crippen LogP contribution in [0.1, 0.15) is 44.4 Å². The molecule has 2 aromatic carbocycles. The van der Waals surface area contributed by atoms with E-state index < -0.39 is 10.0 Å². The molecule has 7 heteroatoms. The number of amides is 1. The average Bonchev–Trinajstić information content (AvgIpc) is 2.69. The molecule has 30 heavy (non-hydrogen) atoms. The van der Waals surface area contributed by atoms with Crippen LogP contribution in [0.2, 0.25) is 0 Å². The molecule has 2 rings (SSSR count). The molecule has 0 aromatic heterocycles. The lowest BCUT2D eigenvalue weighted by Gasteiger charge is -2.23. The normalized spacial score (nSPS) is 12.9. The van der Waals surface area contributed by atoms with Crippen molar-refractivity contribution in [2.75, 3.05) is 26.0 Å². The SMILES string of the molecule is CCCc1ccc([C@H](NCC(=O)Nc2ccc(S(=O)(=O)N(C)C)cc2)C(C)C)cc1. The maximum absolute atomic E-state index is 12.4. The average molecular weight is 432 g/mol. The van der Waals surface area contributed by atoms with Crippen LogP contribution in [0, 0.1) is 5.92 Å². The predicted octanol–water partition coefficient (Wildman–Crippen LogP) is 3.81. The fourth-order valence-electron chi connectivity index (χ4n) is 3.25. The molecule has 0 aliphatic heterocycles. The Balaban J connectivity index is 1.98. The number of carbonyl (C=O) groups excluding carboxylic acids is 1. The number of aryl methyl sites for hydroxylation is 1. The van der Waals surface area contributed by atoms with E-state index in [-0.39, 0.29) is 23.4 Å². The lowest BCUT2D eigenvalue weighted by molar-refractivity contribution is -0.115. The van der Waals surface area contributed by atoms with Gasteiger partial charge in [0.05, 0.1) is 11.4 Å². The second-order valence-corrected chi connectivity index (χ2v) is 10.1. The molecule has 1 amide bonds. The number of rotatable bonds is 10. The van der Waals surface area contributed by atoms with Crippen molar-refractivity contribution in [2.24, 2.45) is 5.92 Å². The summed E-state index contributed by atoms with van der Waals surface area (Å²) in [6.45, 7) is 6.58. The molecular formula is C23H33N3O3S. The van der Waals surface area contributed by atoms with E-state index in [1.807, 2.05) is 0 Å². The minimum Gasteiger partial charge on any atom is -0.325 e. The molecule has 0 spiro atoms. The summed E-state index contributed by atoms with van der Waals surface area (Å²) >= 11 is 0. The van der Waals surface area contributed by atoms with Crippen molar-refractivity contribution in [2.45, 2.75) is 44.6 Å². The number of nitrogens with zero attached hydrogens (tertiary/aromatic N) is 1. The van der Waals surface area contributed by atoms with Crippen molar-refractivity contribution >= 4 is 21.6 Å². The number of benzene rings is 2. The number of anilines is 1. The molecule has 2 N–H and O–H groups in total. The van der Waals surface area contributed by atoms with E-state index >= 15 is 0 Å². The highest BCUT2D eigenvalue weighted by atomic mass is 32.2. The van der Waals surface area contributed by atoms with Crippen LogP contribution in [-0.2, 0) is 21.2 Å². The van der Waals surface area contributed by atoms with Crippen molar-refractivity contribution in [3.63, 3.8) is 0 Å². The molecular weight excluding hydrogens is 398 g/mol. The van der Waals surface area contributed by atoms with Crippen LogP contribution in [0.5, 0.6) is 0 Å². The highest BCUT2D eigenvalue weighted by Crippen LogP contribution is 2.22. The third-order valence-electron chi connectivity index (χ3n) is 4.94. The smallest absolute Gasteiger partial charge is 0.242 e. The first-order chi connectivity index (χ1) is 14.1. The summed E-state index contributed by atoms with van der Waals surface area (Å²) in [6, 6.07) is 14.8. The number of sulfonamides is 1. The quantitative estimate of drug-likeness (QED) is 0.600. The maximum Gasteiger partial charge on any atom is 0.242 e. The lowest BCUT2D eigenvalue weighted by atomic mass is 9.94. The fourth-order valence-corrected chi connectivity index (χ4v) is 4.15. The number of hydrogen-bond donors (Lipinski definition) is 2. The standard InChI is InChI=1S/C23H33N3O3S/c1-6-7-18-8-10-19(11-9-18)23(17(2)3)24-16-22(27)25-20-12-14-21(15-13-20)30(28,29)26(4)5/h8-15,17,23-24H,6-7,16H2,1-5H3,(H,25,27)/t23-/m1/s1. The van der Waals surface area contributed by atoms with Crippen molar-refractivity contribution in [3.05, 3.63) is 59.7 Å². The Hall–Kier alpha value is -2.22. The van der Waals surface area contributed by atoms with Gasteiger partial charge >= 0.3 is 0 Å². The molecule has 6 nitrogen and oxygen atoms in total. The molecule has 0 radical (unpaired) electrons. The minimum absolute atomic E-state index is 0.0686. The Morgan fingerprint density at radius 1 is 1.00 bits per heavy atom. The van der Waals surface area contributed by atoms with Crippen molar-refractivity contribution in [1.82, 2.24) is 9.62 Å². The lowest BCUT2D eigenvalue weighted by Crippen LogP contribution is -2.33.